The fourth-order valence-electron chi connectivity index (χ4n) is 4.49. The third kappa shape index (κ3) is 9.27. The average Bonchev–Trinajstić information content (AvgIpc) is 2.94. The van der Waals surface area contributed by atoms with Gasteiger partial charge in [0.2, 0.25) is 10.0 Å². The Bertz CT molecular complexity index is 1510. The molecule has 1 unspecified atom stereocenters. The number of anilines is 2. The number of benzene rings is 4. The van der Waals surface area contributed by atoms with Crippen LogP contribution in [0.4, 0.5) is 11.4 Å². The van der Waals surface area contributed by atoms with Crippen molar-refractivity contribution in [3.63, 3.8) is 0 Å². The summed E-state index contributed by atoms with van der Waals surface area (Å²) in [6, 6.07) is 31.5. The largest absolute Gasteiger partial charge is 0.488 e. The van der Waals surface area contributed by atoms with Crippen LogP contribution in [0.1, 0.15) is 30.5 Å². The van der Waals surface area contributed by atoms with Crippen LogP contribution in [0.5, 0.6) is 17.2 Å². The van der Waals surface area contributed by atoms with E-state index in [-0.39, 0.29) is 6.10 Å². The SMILES string of the molecule is CCOCC(C)Oc1cccc(Oc2ccc(CN(Cc3ccccc3)c3cccc(NS(C)(=O)=O)c3C)cc2)c1. The van der Waals surface area contributed by atoms with E-state index in [1.54, 1.807) is 6.07 Å². The van der Waals surface area contributed by atoms with Gasteiger partial charge in [0.25, 0.3) is 0 Å². The van der Waals surface area contributed by atoms with Gasteiger partial charge in [-0.2, -0.15) is 0 Å². The second-order valence-corrected chi connectivity index (χ2v) is 11.7. The first kappa shape index (κ1) is 30.0. The summed E-state index contributed by atoms with van der Waals surface area (Å²) in [6.07, 6.45) is 1.10. The Morgan fingerprint density at radius 2 is 1.46 bits per heavy atom. The van der Waals surface area contributed by atoms with Crippen LogP contribution in [0.25, 0.3) is 0 Å². The molecule has 0 spiro atoms. The zero-order chi connectivity index (χ0) is 29.2. The zero-order valence-electron chi connectivity index (χ0n) is 24.0. The minimum absolute atomic E-state index is 0.0604. The highest BCUT2D eigenvalue weighted by Crippen LogP contribution is 2.31. The van der Waals surface area contributed by atoms with Crippen molar-refractivity contribution in [3.8, 4) is 17.2 Å². The van der Waals surface area contributed by atoms with Gasteiger partial charge in [0, 0.05) is 31.5 Å². The maximum absolute atomic E-state index is 11.9. The number of hydrogen-bond acceptors (Lipinski definition) is 6. The predicted molar refractivity (Wildman–Crippen MR) is 166 cm³/mol. The maximum atomic E-state index is 11.9. The molecule has 0 aliphatic carbocycles. The Balaban J connectivity index is 1.51. The molecular formula is C33H38N2O5S. The summed E-state index contributed by atoms with van der Waals surface area (Å²) in [5, 5.41) is 0. The highest BCUT2D eigenvalue weighted by molar-refractivity contribution is 7.92. The summed E-state index contributed by atoms with van der Waals surface area (Å²) < 4.78 is 44.0. The number of nitrogens with zero attached hydrogens (tertiary/aromatic N) is 1. The van der Waals surface area contributed by atoms with Crippen LogP contribution in [-0.2, 0) is 27.8 Å². The molecule has 8 heteroatoms. The number of hydrogen-bond donors (Lipinski definition) is 1. The summed E-state index contributed by atoms with van der Waals surface area (Å²) in [5.74, 6) is 2.14. The van der Waals surface area contributed by atoms with Crippen LogP contribution in [0, 0.1) is 6.92 Å². The van der Waals surface area contributed by atoms with E-state index in [1.165, 1.54) is 0 Å². The second kappa shape index (κ2) is 14.1. The second-order valence-electron chi connectivity index (χ2n) is 9.97. The summed E-state index contributed by atoms with van der Waals surface area (Å²) in [7, 11) is -3.40. The van der Waals surface area contributed by atoms with Gasteiger partial charge in [-0.05, 0) is 73.9 Å². The van der Waals surface area contributed by atoms with Crippen LogP contribution in [0.15, 0.2) is 97.1 Å². The van der Waals surface area contributed by atoms with Gasteiger partial charge in [-0.1, -0.05) is 54.6 Å². The van der Waals surface area contributed by atoms with Crippen molar-refractivity contribution in [2.75, 3.05) is 29.1 Å². The lowest BCUT2D eigenvalue weighted by Gasteiger charge is -2.28. The summed E-state index contributed by atoms with van der Waals surface area (Å²) in [5.41, 5.74) is 4.65. The Kier molecular flexibility index (Phi) is 10.3. The lowest BCUT2D eigenvalue weighted by Crippen LogP contribution is -2.23. The number of rotatable bonds is 14. The molecule has 0 saturated heterocycles. The average molecular weight is 575 g/mol. The van der Waals surface area contributed by atoms with Crippen molar-refractivity contribution in [2.45, 2.75) is 40.0 Å². The number of nitrogens with one attached hydrogen (secondary N) is 1. The highest BCUT2D eigenvalue weighted by Gasteiger charge is 2.15. The topological polar surface area (TPSA) is 77.1 Å². The van der Waals surface area contributed by atoms with Gasteiger partial charge in [-0.25, -0.2) is 8.42 Å². The van der Waals surface area contributed by atoms with Gasteiger partial charge in [-0.3, -0.25) is 4.72 Å². The first-order valence-corrected chi connectivity index (χ1v) is 15.6. The van der Waals surface area contributed by atoms with Gasteiger partial charge in [0.1, 0.15) is 23.4 Å². The normalized spacial score (nSPS) is 12.0. The van der Waals surface area contributed by atoms with Crippen molar-refractivity contribution in [3.05, 3.63) is 114 Å². The van der Waals surface area contributed by atoms with Crippen LogP contribution in [-0.4, -0.2) is 34.0 Å². The van der Waals surface area contributed by atoms with E-state index in [0.29, 0.717) is 37.7 Å². The zero-order valence-corrected chi connectivity index (χ0v) is 24.9. The molecule has 4 aromatic carbocycles. The fourth-order valence-corrected chi connectivity index (χ4v) is 5.11. The molecule has 4 rings (SSSR count). The van der Waals surface area contributed by atoms with Crippen LogP contribution in [0.3, 0.4) is 0 Å². The van der Waals surface area contributed by atoms with E-state index in [9.17, 15) is 8.42 Å². The quantitative estimate of drug-likeness (QED) is 0.172. The number of sulfonamides is 1. The molecule has 0 aliphatic rings. The Morgan fingerprint density at radius 3 is 2.15 bits per heavy atom. The number of ether oxygens (including phenoxy) is 3. The third-order valence-corrected chi connectivity index (χ3v) is 6.98. The van der Waals surface area contributed by atoms with Gasteiger partial charge >= 0.3 is 0 Å². The smallest absolute Gasteiger partial charge is 0.229 e. The van der Waals surface area contributed by atoms with Gasteiger partial charge in [-0.15, -0.1) is 0 Å². The highest BCUT2D eigenvalue weighted by atomic mass is 32.2. The summed E-state index contributed by atoms with van der Waals surface area (Å²) in [6.45, 7) is 8.35. The van der Waals surface area contributed by atoms with Gasteiger partial charge in [0.05, 0.1) is 18.6 Å². The Labute approximate surface area is 243 Å². The van der Waals surface area contributed by atoms with E-state index in [0.717, 1.165) is 40.1 Å². The molecule has 0 radical (unpaired) electrons. The molecule has 0 amide bonds. The fraction of sp³-hybridized carbons (Fsp3) is 0.273. The monoisotopic (exact) mass is 574 g/mol. The van der Waals surface area contributed by atoms with Crippen LogP contribution >= 0.6 is 0 Å². The van der Waals surface area contributed by atoms with E-state index in [2.05, 4.69) is 21.8 Å². The van der Waals surface area contributed by atoms with E-state index in [4.69, 9.17) is 14.2 Å². The Morgan fingerprint density at radius 1 is 0.805 bits per heavy atom. The molecule has 41 heavy (non-hydrogen) atoms. The summed E-state index contributed by atoms with van der Waals surface area (Å²) >= 11 is 0. The minimum Gasteiger partial charge on any atom is -0.488 e. The molecule has 0 aliphatic heterocycles. The molecule has 0 fully saturated rings. The molecule has 7 nitrogen and oxygen atoms in total. The van der Waals surface area contributed by atoms with Crippen molar-refractivity contribution >= 4 is 21.4 Å². The molecule has 216 valence electrons. The first-order chi connectivity index (χ1) is 19.7. The van der Waals surface area contributed by atoms with Crippen LogP contribution in [0.2, 0.25) is 0 Å². The molecule has 0 heterocycles. The predicted octanol–water partition coefficient (Wildman–Crippen LogP) is 7.17. The van der Waals surface area contributed by atoms with Crippen molar-refractivity contribution < 1.29 is 22.6 Å². The molecular weight excluding hydrogens is 536 g/mol. The Hall–Kier alpha value is -4.01. The standard InChI is InChI=1S/C33H38N2O5S/c1-5-38-24-25(2)39-30-13-9-14-31(21-30)40-29-19-17-28(18-20-29)23-35(22-27-11-7-6-8-12-27)33-16-10-15-32(26(33)3)34-41(4,36)37/h6-21,25,34H,5,22-24H2,1-4H3. The van der Waals surface area contributed by atoms with E-state index < -0.39 is 10.0 Å². The first-order valence-electron chi connectivity index (χ1n) is 13.7. The molecule has 1 N–H and O–H groups in total. The third-order valence-electron chi connectivity index (χ3n) is 6.39. The van der Waals surface area contributed by atoms with Gasteiger partial charge < -0.3 is 19.1 Å². The van der Waals surface area contributed by atoms with Crippen molar-refractivity contribution in [2.24, 2.45) is 0 Å². The van der Waals surface area contributed by atoms with E-state index >= 15 is 0 Å². The molecule has 1 atom stereocenters. The van der Waals surface area contributed by atoms with Crippen molar-refractivity contribution in [1.29, 1.82) is 0 Å². The van der Waals surface area contributed by atoms with Crippen LogP contribution < -0.4 is 19.1 Å². The molecule has 0 bridgehead atoms. The van der Waals surface area contributed by atoms with Gasteiger partial charge in [0.15, 0.2) is 0 Å². The summed E-state index contributed by atoms with van der Waals surface area (Å²) in [4.78, 5) is 2.25. The minimum atomic E-state index is -3.40. The van der Waals surface area contributed by atoms with E-state index in [1.807, 2.05) is 99.6 Å². The maximum Gasteiger partial charge on any atom is 0.229 e. The molecule has 0 saturated carbocycles. The lowest BCUT2D eigenvalue weighted by molar-refractivity contribution is 0.0656. The lowest BCUT2D eigenvalue weighted by atomic mass is 10.1. The molecule has 4 aromatic rings. The van der Waals surface area contributed by atoms with Crippen molar-refractivity contribution in [1.82, 2.24) is 0 Å². The molecule has 0 aromatic heterocycles.